The second kappa shape index (κ2) is 6.06. The van der Waals surface area contributed by atoms with Gasteiger partial charge in [-0.3, -0.25) is 0 Å². The maximum Gasteiger partial charge on any atom is 0.119 e. The summed E-state index contributed by atoms with van der Waals surface area (Å²) in [5.41, 5.74) is 1.43. The molecular formula is C15H23NO. The van der Waals surface area contributed by atoms with Crippen molar-refractivity contribution < 1.29 is 4.74 Å². The summed E-state index contributed by atoms with van der Waals surface area (Å²) in [5.74, 6) is 1.78. The van der Waals surface area contributed by atoms with Crippen LogP contribution in [-0.4, -0.2) is 19.2 Å². The highest BCUT2D eigenvalue weighted by Gasteiger charge is 2.13. The van der Waals surface area contributed by atoms with Crippen molar-refractivity contribution in [2.45, 2.75) is 39.2 Å². The fourth-order valence-electron chi connectivity index (χ4n) is 2.41. The molecule has 1 N–H and O–H groups in total. The highest BCUT2D eigenvalue weighted by Crippen LogP contribution is 2.19. The van der Waals surface area contributed by atoms with Gasteiger partial charge in [0.25, 0.3) is 0 Å². The Bertz CT molecular complexity index is 325. The second-order valence-electron chi connectivity index (χ2n) is 5.23. The van der Waals surface area contributed by atoms with E-state index >= 15 is 0 Å². The van der Waals surface area contributed by atoms with Crippen LogP contribution in [0.3, 0.4) is 0 Å². The van der Waals surface area contributed by atoms with Crippen LogP contribution in [0.5, 0.6) is 5.75 Å². The van der Waals surface area contributed by atoms with E-state index in [2.05, 4.69) is 43.4 Å². The Hall–Kier alpha value is -1.02. The van der Waals surface area contributed by atoms with Gasteiger partial charge >= 0.3 is 0 Å². The van der Waals surface area contributed by atoms with Gasteiger partial charge in [0.15, 0.2) is 0 Å². The summed E-state index contributed by atoms with van der Waals surface area (Å²) in [7, 11) is 0. The summed E-state index contributed by atoms with van der Waals surface area (Å²) in [6.07, 6.45) is 4.12. The Balaban J connectivity index is 1.88. The van der Waals surface area contributed by atoms with Crippen LogP contribution in [0.1, 0.15) is 32.3 Å². The van der Waals surface area contributed by atoms with Crippen LogP contribution >= 0.6 is 0 Å². The molecule has 0 aliphatic carbocycles. The summed E-state index contributed by atoms with van der Waals surface area (Å²) in [6, 6.07) is 8.58. The molecule has 1 unspecified atom stereocenters. The van der Waals surface area contributed by atoms with Gasteiger partial charge in [-0.25, -0.2) is 0 Å². The number of ether oxygens (including phenoxy) is 1. The summed E-state index contributed by atoms with van der Waals surface area (Å²) < 4.78 is 5.65. The number of piperidine rings is 1. The molecule has 1 aromatic carbocycles. The van der Waals surface area contributed by atoms with E-state index in [1.54, 1.807) is 0 Å². The molecule has 0 spiro atoms. The number of nitrogens with one attached hydrogen (secondary N) is 1. The van der Waals surface area contributed by atoms with Crippen molar-refractivity contribution in [2.24, 2.45) is 5.92 Å². The van der Waals surface area contributed by atoms with Gasteiger partial charge in [-0.2, -0.15) is 0 Å². The van der Waals surface area contributed by atoms with Crippen molar-refractivity contribution >= 4 is 0 Å². The topological polar surface area (TPSA) is 21.3 Å². The smallest absolute Gasteiger partial charge is 0.119 e. The Labute approximate surface area is 104 Å². The SMILES string of the molecule is CC(C)Oc1ccc(CC2CCCNC2)cc1. The molecule has 1 aliphatic rings. The molecule has 1 fully saturated rings. The average molecular weight is 233 g/mol. The molecule has 2 nitrogen and oxygen atoms in total. The molecule has 0 radical (unpaired) electrons. The predicted octanol–water partition coefficient (Wildman–Crippen LogP) is 3.02. The molecule has 94 valence electrons. The summed E-state index contributed by atoms with van der Waals surface area (Å²) in [5, 5.41) is 3.47. The first-order valence-electron chi connectivity index (χ1n) is 6.70. The monoisotopic (exact) mass is 233 g/mol. The Morgan fingerprint density at radius 3 is 2.65 bits per heavy atom. The first kappa shape index (κ1) is 12.4. The van der Waals surface area contributed by atoms with Gasteiger partial charge in [-0.1, -0.05) is 12.1 Å². The van der Waals surface area contributed by atoms with Crippen molar-refractivity contribution in [1.29, 1.82) is 0 Å². The molecule has 1 aromatic rings. The molecule has 1 saturated heterocycles. The average Bonchev–Trinajstić information content (AvgIpc) is 2.32. The molecule has 0 bridgehead atoms. The van der Waals surface area contributed by atoms with E-state index in [0.717, 1.165) is 11.7 Å². The van der Waals surface area contributed by atoms with E-state index in [1.165, 1.54) is 37.9 Å². The van der Waals surface area contributed by atoms with E-state index in [-0.39, 0.29) is 6.10 Å². The third-order valence-electron chi connectivity index (χ3n) is 3.22. The summed E-state index contributed by atoms with van der Waals surface area (Å²) in [4.78, 5) is 0. The summed E-state index contributed by atoms with van der Waals surface area (Å²) >= 11 is 0. The van der Waals surface area contributed by atoms with Crippen LogP contribution in [0.15, 0.2) is 24.3 Å². The third-order valence-corrected chi connectivity index (χ3v) is 3.22. The van der Waals surface area contributed by atoms with Crippen LogP contribution in [0.25, 0.3) is 0 Å². The highest BCUT2D eigenvalue weighted by molar-refractivity contribution is 5.27. The maximum absolute atomic E-state index is 5.65. The van der Waals surface area contributed by atoms with Crippen molar-refractivity contribution in [2.75, 3.05) is 13.1 Å². The predicted molar refractivity (Wildman–Crippen MR) is 71.5 cm³/mol. The lowest BCUT2D eigenvalue weighted by Crippen LogP contribution is -2.30. The number of hydrogen-bond acceptors (Lipinski definition) is 2. The number of hydrogen-bond donors (Lipinski definition) is 1. The van der Waals surface area contributed by atoms with Crippen LogP contribution < -0.4 is 10.1 Å². The standard InChI is InChI=1S/C15H23NO/c1-12(2)17-15-7-5-13(6-8-15)10-14-4-3-9-16-11-14/h5-8,12,14,16H,3-4,9-11H2,1-2H3. The van der Waals surface area contributed by atoms with Crippen molar-refractivity contribution in [3.05, 3.63) is 29.8 Å². The zero-order chi connectivity index (χ0) is 12.1. The molecular weight excluding hydrogens is 210 g/mol. The molecule has 1 aliphatic heterocycles. The van der Waals surface area contributed by atoms with Crippen LogP contribution in [0.4, 0.5) is 0 Å². The lowest BCUT2D eigenvalue weighted by Gasteiger charge is -2.22. The van der Waals surface area contributed by atoms with E-state index < -0.39 is 0 Å². The number of benzene rings is 1. The Morgan fingerprint density at radius 1 is 1.29 bits per heavy atom. The van der Waals surface area contributed by atoms with E-state index in [4.69, 9.17) is 4.74 Å². The zero-order valence-corrected chi connectivity index (χ0v) is 10.9. The van der Waals surface area contributed by atoms with Gasteiger partial charge < -0.3 is 10.1 Å². The molecule has 1 heterocycles. The molecule has 17 heavy (non-hydrogen) atoms. The minimum absolute atomic E-state index is 0.253. The molecule has 2 heteroatoms. The fraction of sp³-hybridized carbons (Fsp3) is 0.600. The summed E-state index contributed by atoms with van der Waals surface area (Å²) in [6.45, 7) is 6.48. The second-order valence-corrected chi connectivity index (χ2v) is 5.23. The lowest BCUT2D eigenvalue weighted by atomic mass is 9.92. The molecule has 2 rings (SSSR count). The van der Waals surface area contributed by atoms with E-state index in [1.807, 2.05) is 0 Å². The van der Waals surface area contributed by atoms with E-state index in [9.17, 15) is 0 Å². The van der Waals surface area contributed by atoms with Crippen molar-refractivity contribution in [3.63, 3.8) is 0 Å². The number of rotatable bonds is 4. The fourth-order valence-corrected chi connectivity index (χ4v) is 2.41. The van der Waals surface area contributed by atoms with Crippen LogP contribution in [-0.2, 0) is 6.42 Å². The molecule has 0 aromatic heterocycles. The largest absolute Gasteiger partial charge is 0.491 e. The van der Waals surface area contributed by atoms with Gasteiger partial charge in [0.05, 0.1) is 6.10 Å². The minimum atomic E-state index is 0.253. The van der Waals surface area contributed by atoms with Gasteiger partial charge in [0, 0.05) is 0 Å². The zero-order valence-electron chi connectivity index (χ0n) is 10.9. The van der Waals surface area contributed by atoms with Crippen LogP contribution in [0.2, 0.25) is 0 Å². The van der Waals surface area contributed by atoms with Crippen molar-refractivity contribution in [3.8, 4) is 5.75 Å². The maximum atomic E-state index is 5.65. The quantitative estimate of drug-likeness (QED) is 0.863. The van der Waals surface area contributed by atoms with Crippen molar-refractivity contribution in [1.82, 2.24) is 5.32 Å². The minimum Gasteiger partial charge on any atom is -0.491 e. The van der Waals surface area contributed by atoms with Gasteiger partial charge in [0.1, 0.15) is 5.75 Å². The van der Waals surface area contributed by atoms with Gasteiger partial charge in [-0.15, -0.1) is 0 Å². The first-order valence-corrected chi connectivity index (χ1v) is 6.70. The molecule has 0 amide bonds. The van der Waals surface area contributed by atoms with Gasteiger partial charge in [0.2, 0.25) is 0 Å². The normalized spacial score (nSPS) is 20.5. The lowest BCUT2D eigenvalue weighted by molar-refractivity contribution is 0.242. The molecule has 1 atom stereocenters. The Morgan fingerprint density at radius 2 is 2.06 bits per heavy atom. The van der Waals surface area contributed by atoms with Crippen LogP contribution in [0, 0.1) is 5.92 Å². The first-order chi connectivity index (χ1) is 8.24. The highest BCUT2D eigenvalue weighted by atomic mass is 16.5. The Kier molecular flexibility index (Phi) is 4.43. The third kappa shape index (κ3) is 4.04. The van der Waals surface area contributed by atoms with Gasteiger partial charge in [-0.05, 0) is 69.8 Å². The molecule has 0 saturated carbocycles. The van der Waals surface area contributed by atoms with E-state index in [0.29, 0.717) is 0 Å².